The summed E-state index contributed by atoms with van der Waals surface area (Å²) in [4.78, 5) is 0. The number of aromatic hydroxyl groups is 1. The molecule has 1 aliphatic rings. The van der Waals surface area contributed by atoms with Gasteiger partial charge in [0.1, 0.15) is 11.6 Å². The molecule has 0 unspecified atom stereocenters. The van der Waals surface area contributed by atoms with E-state index in [1.54, 1.807) is 0 Å². The van der Waals surface area contributed by atoms with Gasteiger partial charge in [-0.25, -0.2) is 4.39 Å². The fourth-order valence-corrected chi connectivity index (χ4v) is 3.03. The molecule has 0 spiro atoms. The van der Waals surface area contributed by atoms with Gasteiger partial charge in [-0.1, -0.05) is 19.3 Å². The van der Waals surface area contributed by atoms with Crippen molar-refractivity contribution < 1.29 is 9.50 Å². The van der Waals surface area contributed by atoms with Crippen LogP contribution in [0.2, 0.25) is 0 Å². The van der Waals surface area contributed by atoms with Gasteiger partial charge in [0.15, 0.2) is 0 Å². The highest BCUT2D eigenvalue weighted by Gasteiger charge is 2.25. The molecule has 0 saturated heterocycles. The van der Waals surface area contributed by atoms with Crippen LogP contribution in [-0.4, -0.2) is 5.11 Å². The number of nitrogens with two attached hydrogens (primary N) is 1. The molecule has 18 heavy (non-hydrogen) atoms. The molecule has 1 aliphatic carbocycles. The Kier molecular flexibility index (Phi) is 5.89. The van der Waals surface area contributed by atoms with Crippen LogP contribution in [0, 0.1) is 11.7 Å². The van der Waals surface area contributed by atoms with Crippen LogP contribution in [0.25, 0.3) is 0 Å². The minimum Gasteiger partial charge on any atom is -0.506 e. The summed E-state index contributed by atoms with van der Waals surface area (Å²) in [5.41, 5.74) is 6.68. The van der Waals surface area contributed by atoms with Gasteiger partial charge in [0.2, 0.25) is 0 Å². The Labute approximate surface area is 121 Å². The molecule has 0 aromatic heterocycles. The molecule has 1 aromatic rings. The topological polar surface area (TPSA) is 46.2 Å². The first-order valence-corrected chi connectivity index (χ1v) is 6.82. The molecule has 1 fully saturated rings. The van der Waals surface area contributed by atoms with Crippen LogP contribution in [-0.2, 0) is 0 Å². The molecule has 5 heteroatoms. The van der Waals surface area contributed by atoms with E-state index in [2.05, 4.69) is 15.9 Å². The first kappa shape index (κ1) is 15.7. The van der Waals surface area contributed by atoms with Crippen molar-refractivity contribution in [3.63, 3.8) is 0 Å². The Morgan fingerprint density at radius 1 is 1.28 bits per heavy atom. The van der Waals surface area contributed by atoms with Crippen LogP contribution >= 0.6 is 28.3 Å². The van der Waals surface area contributed by atoms with Crippen molar-refractivity contribution >= 4 is 28.3 Å². The summed E-state index contributed by atoms with van der Waals surface area (Å²) in [6, 6.07) is 2.33. The molecule has 1 atom stereocenters. The fourth-order valence-electron chi connectivity index (χ4n) is 2.59. The second-order valence-electron chi connectivity index (χ2n) is 4.75. The maximum absolute atomic E-state index is 13.3. The van der Waals surface area contributed by atoms with Gasteiger partial charge in [-0.05, 0) is 46.8 Å². The van der Waals surface area contributed by atoms with Gasteiger partial charge in [0.25, 0.3) is 0 Å². The number of phenols is 1. The summed E-state index contributed by atoms with van der Waals surface area (Å²) in [6.07, 6.45) is 5.73. The molecule has 2 rings (SSSR count). The highest BCUT2D eigenvalue weighted by atomic mass is 79.9. The minimum atomic E-state index is -0.365. The van der Waals surface area contributed by atoms with Crippen molar-refractivity contribution in [2.24, 2.45) is 11.7 Å². The zero-order valence-corrected chi connectivity index (χ0v) is 12.4. The van der Waals surface area contributed by atoms with Crippen LogP contribution < -0.4 is 5.73 Å². The molecule has 2 nitrogen and oxygen atoms in total. The lowest BCUT2D eigenvalue weighted by atomic mass is 9.81. The third-order valence-corrected chi connectivity index (χ3v) is 4.18. The minimum absolute atomic E-state index is 0. The maximum Gasteiger partial charge on any atom is 0.134 e. The van der Waals surface area contributed by atoms with Crippen molar-refractivity contribution in [2.45, 2.75) is 38.1 Å². The average Bonchev–Trinajstić information content (AvgIpc) is 2.34. The number of rotatable bonds is 2. The van der Waals surface area contributed by atoms with E-state index in [1.807, 2.05) is 0 Å². The van der Waals surface area contributed by atoms with Crippen LogP contribution in [0.4, 0.5) is 4.39 Å². The molecule has 1 aromatic carbocycles. The van der Waals surface area contributed by atoms with E-state index in [1.165, 1.54) is 31.4 Å². The standard InChI is InChI=1S/C13H17BrFNO.ClH/c14-11-7-9(15)6-10(13(11)17)12(16)8-4-2-1-3-5-8;/h6-8,12,17H,1-5,16H2;1H/t12-;/m1./s1. The van der Waals surface area contributed by atoms with Gasteiger partial charge < -0.3 is 10.8 Å². The van der Waals surface area contributed by atoms with Crippen molar-refractivity contribution in [3.05, 3.63) is 28.0 Å². The van der Waals surface area contributed by atoms with Gasteiger partial charge in [-0.3, -0.25) is 0 Å². The lowest BCUT2D eigenvalue weighted by molar-refractivity contribution is 0.302. The van der Waals surface area contributed by atoms with Gasteiger partial charge >= 0.3 is 0 Å². The number of halogens is 3. The lowest BCUT2D eigenvalue weighted by Gasteiger charge is -2.28. The Hall–Kier alpha value is -0.320. The monoisotopic (exact) mass is 337 g/mol. The Bertz CT molecular complexity index is 410. The van der Waals surface area contributed by atoms with Crippen molar-refractivity contribution in [1.82, 2.24) is 0 Å². The summed E-state index contributed by atoms with van der Waals surface area (Å²) in [7, 11) is 0. The third-order valence-electron chi connectivity index (χ3n) is 3.57. The van der Waals surface area contributed by atoms with E-state index in [0.717, 1.165) is 12.8 Å². The first-order chi connectivity index (χ1) is 8.09. The molecule has 0 heterocycles. The lowest BCUT2D eigenvalue weighted by Crippen LogP contribution is -2.23. The smallest absolute Gasteiger partial charge is 0.134 e. The summed E-state index contributed by atoms with van der Waals surface area (Å²) >= 11 is 3.14. The largest absolute Gasteiger partial charge is 0.506 e. The van der Waals surface area contributed by atoms with Crippen molar-refractivity contribution in [1.29, 1.82) is 0 Å². The Balaban J connectivity index is 0.00000162. The first-order valence-electron chi connectivity index (χ1n) is 6.03. The summed E-state index contributed by atoms with van der Waals surface area (Å²) in [5, 5.41) is 9.93. The Morgan fingerprint density at radius 2 is 1.89 bits per heavy atom. The third kappa shape index (κ3) is 3.37. The SMILES string of the molecule is Cl.N[C@@H](c1cc(F)cc(Br)c1O)C1CCCCC1. The molecular weight excluding hydrogens is 321 g/mol. The summed E-state index contributed by atoms with van der Waals surface area (Å²) < 4.78 is 13.7. The van der Waals surface area contributed by atoms with Gasteiger partial charge in [0, 0.05) is 11.6 Å². The number of phenolic OH excluding ortho intramolecular Hbond substituents is 1. The van der Waals surface area contributed by atoms with E-state index in [9.17, 15) is 9.50 Å². The second-order valence-corrected chi connectivity index (χ2v) is 5.60. The number of hydrogen-bond donors (Lipinski definition) is 2. The van der Waals surface area contributed by atoms with Crippen LogP contribution in [0.5, 0.6) is 5.75 Å². The molecule has 0 amide bonds. The van der Waals surface area contributed by atoms with Crippen LogP contribution in [0.1, 0.15) is 43.7 Å². The maximum atomic E-state index is 13.3. The van der Waals surface area contributed by atoms with Gasteiger partial charge in [-0.15, -0.1) is 12.4 Å². The normalized spacial score (nSPS) is 18.2. The predicted octanol–water partition coefficient (Wildman–Crippen LogP) is 4.30. The van der Waals surface area contributed by atoms with Gasteiger partial charge in [0.05, 0.1) is 4.47 Å². The number of hydrogen-bond acceptors (Lipinski definition) is 2. The van der Waals surface area contributed by atoms with Crippen molar-refractivity contribution in [2.75, 3.05) is 0 Å². The zero-order valence-electron chi connectivity index (χ0n) is 10.0. The van der Waals surface area contributed by atoms with Crippen LogP contribution in [0.15, 0.2) is 16.6 Å². The number of benzene rings is 1. The average molecular weight is 339 g/mol. The highest BCUT2D eigenvalue weighted by Crippen LogP contribution is 2.39. The fraction of sp³-hybridized carbons (Fsp3) is 0.538. The Morgan fingerprint density at radius 3 is 2.50 bits per heavy atom. The van der Waals surface area contributed by atoms with E-state index in [4.69, 9.17) is 5.73 Å². The molecular formula is C13H18BrClFNO. The summed E-state index contributed by atoms with van der Waals surface area (Å²) in [5.74, 6) is 0.0590. The highest BCUT2D eigenvalue weighted by molar-refractivity contribution is 9.10. The van der Waals surface area contributed by atoms with E-state index < -0.39 is 0 Å². The van der Waals surface area contributed by atoms with Crippen molar-refractivity contribution in [3.8, 4) is 5.75 Å². The summed E-state index contributed by atoms with van der Waals surface area (Å²) in [6.45, 7) is 0. The molecule has 102 valence electrons. The van der Waals surface area contributed by atoms with Crippen LogP contribution in [0.3, 0.4) is 0 Å². The second kappa shape index (κ2) is 6.73. The zero-order chi connectivity index (χ0) is 12.4. The van der Waals surface area contributed by atoms with E-state index >= 15 is 0 Å². The molecule has 0 aliphatic heterocycles. The molecule has 1 saturated carbocycles. The molecule has 0 radical (unpaired) electrons. The predicted molar refractivity (Wildman–Crippen MR) is 76.5 cm³/mol. The molecule has 0 bridgehead atoms. The molecule has 3 N–H and O–H groups in total. The van der Waals surface area contributed by atoms with E-state index in [0.29, 0.717) is 16.0 Å². The van der Waals surface area contributed by atoms with E-state index in [-0.39, 0.29) is 30.0 Å². The quantitative estimate of drug-likeness (QED) is 0.844. The van der Waals surface area contributed by atoms with Gasteiger partial charge in [-0.2, -0.15) is 0 Å².